The second kappa shape index (κ2) is 6.31. The molecule has 0 N–H and O–H groups in total. The van der Waals surface area contributed by atoms with Crippen molar-refractivity contribution < 1.29 is 47.9 Å². The molecule has 0 saturated carbocycles. The lowest BCUT2D eigenvalue weighted by Gasteiger charge is -2.15. The Bertz CT molecular complexity index is 844. The molecule has 1 aromatic carbocycles. The van der Waals surface area contributed by atoms with Gasteiger partial charge in [-0.3, -0.25) is 8.37 Å². The van der Waals surface area contributed by atoms with Gasteiger partial charge in [-0.05, 0) is 12.1 Å². The van der Waals surface area contributed by atoms with Crippen molar-refractivity contribution >= 4 is 26.2 Å². The molecule has 134 valence electrons. The first-order valence-corrected chi connectivity index (χ1v) is 9.21. The van der Waals surface area contributed by atoms with Gasteiger partial charge in [-0.1, -0.05) is 12.1 Å². The van der Waals surface area contributed by atoms with Gasteiger partial charge in [0.05, 0.1) is 5.56 Å². The van der Waals surface area contributed by atoms with E-state index in [1.165, 1.54) is 0 Å². The highest BCUT2D eigenvalue weighted by Crippen LogP contribution is 2.36. The van der Waals surface area contributed by atoms with Crippen LogP contribution in [-0.4, -0.2) is 40.6 Å². The zero-order valence-corrected chi connectivity index (χ0v) is 13.2. The molecule has 2 rings (SSSR count). The lowest BCUT2D eigenvalue weighted by Crippen LogP contribution is -2.33. The van der Waals surface area contributed by atoms with Gasteiger partial charge < -0.3 is 4.74 Å². The summed E-state index contributed by atoms with van der Waals surface area (Å²) in [4.78, 5) is 11.8. The Morgan fingerprint density at radius 1 is 1.12 bits per heavy atom. The molecule has 1 aliphatic heterocycles. The summed E-state index contributed by atoms with van der Waals surface area (Å²) in [6.45, 7) is -1.05. The molecule has 0 aliphatic carbocycles. The van der Waals surface area contributed by atoms with Gasteiger partial charge in [-0.25, -0.2) is 4.79 Å². The van der Waals surface area contributed by atoms with Crippen molar-refractivity contribution in [3.8, 4) is 5.75 Å². The summed E-state index contributed by atoms with van der Waals surface area (Å²) >= 11 is 0. The minimum Gasteiger partial charge on any atom is -0.424 e. The highest BCUT2D eigenvalue weighted by atomic mass is 32.3. The average molecular weight is 390 g/mol. The van der Waals surface area contributed by atoms with Gasteiger partial charge in [0.15, 0.2) is 6.10 Å². The van der Waals surface area contributed by atoms with Gasteiger partial charge >= 0.3 is 12.1 Å². The number of benzene rings is 1. The van der Waals surface area contributed by atoms with E-state index < -0.39 is 61.5 Å². The van der Waals surface area contributed by atoms with E-state index in [0.29, 0.717) is 6.07 Å². The first-order valence-electron chi connectivity index (χ1n) is 6.06. The van der Waals surface area contributed by atoms with Crippen molar-refractivity contribution in [1.29, 1.82) is 0 Å². The van der Waals surface area contributed by atoms with E-state index in [4.69, 9.17) is 0 Å². The molecular formula is C11H9F3O8S2. The van der Waals surface area contributed by atoms with Gasteiger partial charge in [0, 0.05) is 0 Å². The number of halogens is 3. The standard InChI is InChI=1S/C11H9F3O8S2/c12-11(13,14)7-3-1-2-4-8(7)21-10(15)9-5-20-23(16,17)6-24(18,19)22-9/h1-4,9H,5-6H2. The number of ether oxygens (including phenoxy) is 1. The predicted molar refractivity (Wildman–Crippen MR) is 70.6 cm³/mol. The number of carbonyl (C=O) groups is 1. The van der Waals surface area contributed by atoms with E-state index in [1.54, 1.807) is 0 Å². The Labute approximate surface area is 134 Å². The van der Waals surface area contributed by atoms with Gasteiger partial charge in [-0.2, -0.15) is 30.0 Å². The summed E-state index contributed by atoms with van der Waals surface area (Å²) in [5.41, 5.74) is -1.27. The maximum absolute atomic E-state index is 12.8. The third-order valence-electron chi connectivity index (χ3n) is 2.62. The van der Waals surface area contributed by atoms with Crippen LogP contribution in [0.15, 0.2) is 24.3 Å². The molecule has 0 aromatic heterocycles. The summed E-state index contributed by atoms with van der Waals surface area (Å²) < 4.78 is 96.7. The van der Waals surface area contributed by atoms with Crippen molar-refractivity contribution in [3.05, 3.63) is 29.8 Å². The Kier molecular flexibility index (Phi) is 4.90. The molecule has 24 heavy (non-hydrogen) atoms. The highest BCUT2D eigenvalue weighted by Gasteiger charge is 2.39. The molecule has 1 heterocycles. The van der Waals surface area contributed by atoms with Gasteiger partial charge in [-0.15, -0.1) is 0 Å². The largest absolute Gasteiger partial charge is 0.424 e. The van der Waals surface area contributed by atoms with Crippen LogP contribution in [0.2, 0.25) is 0 Å². The quantitative estimate of drug-likeness (QED) is 0.411. The smallest absolute Gasteiger partial charge is 0.419 e. The van der Waals surface area contributed by atoms with E-state index in [1.807, 2.05) is 0 Å². The Morgan fingerprint density at radius 3 is 2.38 bits per heavy atom. The van der Waals surface area contributed by atoms with E-state index in [-0.39, 0.29) is 0 Å². The van der Waals surface area contributed by atoms with Crippen LogP contribution in [0.4, 0.5) is 13.2 Å². The van der Waals surface area contributed by atoms with Crippen molar-refractivity contribution in [2.45, 2.75) is 12.3 Å². The molecule has 1 atom stereocenters. The molecule has 0 spiro atoms. The van der Waals surface area contributed by atoms with Crippen molar-refractivity contribution in [2.24, 2.45) is 0 Å². The summed E-state index contributed by atoms with van der Waals surface area (Å²) in [5.74, 6) is -2.43. The number of carbonyl (C=O) groups excluding carboxylic acids is 1. The molecule has 13 heteroatoms. The maximum atomic E-state index is 12.8. The normalized spacial score (nSPS) is 23.2. The van der Waals surface area contributed by atoms with E-state index in [9.17, 15) is 34.8 Å². The first kappa shape index (κ1) is 18.6. The highest BCUT2D eigenvalue weighted by molar-refractivity contribution is 8.03. The van der Waals surface area contributed by atoms with Gasteiger partial charge in [0.25, 0.3) is 20.2 Å². The van der Waals surface area contributed by atoms with Gasteiger partial charge in [0.2, 0.25) is 5.08 Å². The van der Waals surface area contributed by atoms with E-state index >= 15 is 0 Å². The molecule has 0 amide bonds. The number of rotatable bonds is 2. The molecule has 1 aliphatic rings. The third kappa shape index (κ3) is 4.66. The van der Waals surface area contributed by atoms with Crippen LogP contribution in [0.3, 0.4) is 0 Å². The number of esters is 1. The SMILES string of the molecule is O=C(Oc1ccccc1C(F)(F)F)C1COS(=O)(=O)CS(=O)(=O)O1. The summed E-state index contributed by atoms with van der Waals surface area (Å²) in [7, 11) is -9.19. The van der Waals surface area contributed by atoms with Crippen molar-refractivity contribution in [2.75, 3.05) is 11.7 Å². The van der Waals surface area contributed by atoms with Crippen LogP contribution in [0.25, 0.3) is 0 Å². The van der Waals surface area contributed by atoms with Crippen LogP contribution < -0.4 is 4.74 Å². The molecule has 0 radical (unpaired) electrons. The van der Waals surface area contributed by atoms with E-state index in [0.717, 1.165) is 18.2 Å². The topological polar surface area (TPSA) is 113 Å². The first-order chi connectivity index (χ1) is 10.9. The number of hydrogen-bond donors (Lipinski definition) is 0. The van der Waals surface area contributed by atoms with Crippen LogP contribution in [0.1, 0.15) is 5.56 Å². The minimum absolute atomic E-state index is 0.647. The van der Waals surface area contributed by atoms with Crippen LogP contribution in [0, 0.1) is 0 Å². The molecule has 1 fully saturated rings. The zero-order valence-electron chi connectivity index (χ0n) is 11.5. The van der Waals surface area contributed by atoms with Crippen LogP contribution in [-0.2, 0) is 39.6 Å². The zero-order chi connectivity index (χ0) is 18.2. The average Bonchev–Trinajstić information content (AvgIpc) is 2.52. The fraction of sp³-hybridized carbons (Fsp3) is 0.364. The number of alkyl halides is 3. The van der Waals surface area contributed by atoms with Crippen molar-refractivity contribution in [1.82, 2.24) is 0 Å². The fourth-order valence-corrected chi connectivity index (χ4v) is 4.41. The Hall–Kier alpha value is -1.70. The fourth-order valence-electron chi connectivity index (χ4n) is 1.68. The maximum Gasteiger partial charge on any atom is 0.419 e. The second-order valence-electron chi connectivity index (χ2n) is 4.52. The van der Waals surface area contributed by atoms with Crippen LogP contribution >= 0.6 is 0 Å². The Balaban J connectivity index is 2.25. The lowest BCUT2D eigenvalue weighted by molar-refractivity contribution is -0.147. The number of hydrogen-bond acceptors (Lipinski definition) is 8. The molecule has 1 saturated heterocycles. The van der Waals surface area contributed by atoms with Gasteiger partial charge in [0.1, 0.15) is 12.4 Å². The third-order valence-corrected chi connectivity index (χ3v) is 5.95. The summed E-state index contributed by atoms with van der Waals surface area (Å²) in [6.07, 6.45) is -6.89. The number of para-hydroxylation sites is 1. The second-order valence-corrected chi connectivity index (χ2v) is 8.12. The summed E-state index contributed by atoms with van der Waals surface area (Å²) in [5, 5.41) is -1.52. The minimum atomic E-state index is -4.83. The summed E-state index contributed by atoms with van der Waals surface area (Å²) in [6, 6.07) is 3.70. The monoisotopic (exact) mass is 390 g/mol. The molecule has 1 aromatic rings. The Morgan fingerprint density at radius 2 is 1.75 bits per heavy atom. The molecule has 0 bridgehead atoms. The lowest BCUT2D eigenvalue weighted by atomic mass is 10.2. The molecule has 1 unspecified atom stereocenters. The molecule has 8 nitrogen and oxygen atoms in total. The van der Waals surface area contributed by atoms with Crippen molar-refractivity contribution in [3.63, 3.8) is 0 Å². The predicted octanol–water partition coefficient (Wildman–Crippen LogP) is 0.643. The van der Waals surface area contributed by atoms with Crippen LogP contribution in [0.5, 0.6) is 5.75 Å². The molecular weight excluding hydrogens is 381 g/mol. The van der Waals surface area contributed by atoms with E-state index in [2.05, 4.69) is 13.1 Å².